The minimum Gasteiger partial charge on any atom is -0.465 e. The summed E-state index contributed by atoms with van der Waals surface area (Å²) in [5.74, 6) is -1.04. The van der Waals surface area contributed by atoms with Crippen LogP contribution in [0.15, 0.2) is 47.4 Å². The molecule has 0 saturated carbocycles. The first-order chi connectivity index (χ1) is 13.1. The van der Waals surface area contributed by atoms with Gasteiger partial charge in [-0.2, -0.15) is 0 Å². The molecule has 2 aromatic rings. The molecule has 3 rings (SSSR count). The second-order valence-electron chi connectivity index (χ2n) is 6.08. The first-order valence-electron chi connectivity index (χ1n) is 8.61. The van der Waals surface area contributed by atoms with Crippen molar-refractivity contribution < 1.29 is 23.5 Å². The third-order valence-electron chi connectivity index (χ3n) is 4.21. The standard InChI is InChI=1S/C20H20FNO4S/c1-25-20(24)16-11-13(8-9-17(16)21)22-19(23)15-6-2-3-7-18(15)27-12-14-5-4-10-26-14/h2-3,6-9,11,14H,4-5,10,12H2,1H3,(H,22,23)/t14-/m1/s1. The molecule has 142 valence electrons. The molecule has 1 aliphatic rings. The van der Waals surface area contributed by atoms with E-state index in [1.54, 1.807) is 23.9 Å². The predicted molar refractivity (Wildman–Crippen MR) is 102 cm³/mol. The van der Waals surface area contributed by atoms with Gasteiger partial charge in [0.05, 0.1) is 24.3 Å². The maximum absolute atomic E-state index is 13.8. The molecule has 1 fully saturated rings. The highest BCUT2D eigenvalue weighted by molar-refractivity contribution is 7.99. The Morgan fingerprint density at radius 1 is 1.26 bits per heavy atom. The van der Waals surface area contributed by atoms with Crippen molar-refractivity contribution >= 4 is 29.3 Å². The van der Waals surface area contributed by atoms with Crippen LogP contribution in [0.25, 0.3) is 0 Å². The monoisotopic (exact) mass is 389 g/mol. The quantitative estimate of drug-likeness (QED) is 0.594. The van der Waals surface area contributed by atoms with Crippen molar-refractivity contribution in [3.63, 3.8) is 0 Å². The molecule has 1 heterocycles. The number of anilines is 1. The normalized spacial score (nSPS) is 16.1. The largest absolute Gasteiger partial charge is 0.465 e. The summed E-state index contributed by atoms with van der Waals surface area (Å²) < 4.78 is 23.9. The zero-order valence-electron chi connectivity index (χ0n) is 14.9. The second kappa shape index (κ2) is 9.01. The van der Waals surface area contributed by atoms with Crippen LogP contribution in [0.5, 0.6) is 0 Å². The molecule has 5 nitrogen and oxygen atoms in total. The van der Waals surface area contributed by atoms with Crippen LogP contribution in [0.1, 0.15) is 33.6 Å². The van der Waals surface area contributed by atoms with Gasteiger partial charge in [0.25, 0.3) is 5.91 Å². The highest BCUT2D eigenvalue weighted by Crippen LogP contribution is 2.27. The summed E-state index contributed by atoms with van der Waals surface area (Å²) >= 11 is 1.58. The summed E-state index contributed by atoms with van der Waals surface area (Å²) in [6.45, 7) is 0.792. The van der Waals surface area contributed by atoms with E-state index in [1.165, 1.54) is 19.2 Å². The van der Waals surface area contributed by atoms with Crippen molar-refractivity contribution in [3.8, 4) is 0 Å². The Morgan fingerprint density at radius 2 is 2.07 bits per heavy atom. The summed E-state index contributed by atoms with van der Waals surface area (Å²) in [5, 5.41) is 2.72. The maximum atomic E-state index is 13.8. The van der Waals surface area contributed by atoms with E-state index in [9.17, 15) is 14.0 Å². The number of benzene rings is 2. The van der Waals surface area contributed by atoms with Crippen molar-refractivity contribution in [2.45, 2.75) is 23.8 Å². The molecule has 0 radical (unpaired) electrons. The lowest BCUT2D eigenvalue weighted by molar-refractivity contribution is 0.0595. The molecule has 1 aliphatic heterocycles. The average Bonchev–Trinajstić information content (AvgIpc) is 3.21. The van der Waals surface area contributed by atoms with Crippen molar-refractivity contribution in [2.24, 2.45) is 0 Å². The van der Waals surface area contributed by atoms with Gasteiger partial charge in [-0.25, -0.2) is 9.18 Å². The lowest BCUT2D eigenvalue weighted by Gasteiger charge is -2.13. The van der Waals surface area contributed by atoms with Gasteiger partial charge in [0, 0.05) is 22.9 Å². The van der Waals surface area contributed by atoms with E-state index < -0.39 is 11.8 Å². The molecule has 7 heteroatoms. The van der Waals surface area contributed by atoms with E-state index in [1.807, 2.05) is 12.1 Å². The zero-order valence-corrected chi connectivity index (χ0v) is 15.7. The van der Waals surface area contributed by atoms with Crippen molar-refractivity contribution in [3.05, 3.63) is 59.4 Å². The number of hydrogen-bond donors (Lipinski definition) is 1. The molecule has 0 spiro atoms. The third-order valence-corrected chi connectivity index (χ3v) is 5.42. The van der Waals surface area contributed by atoms with Gasteiger partial charge in [0.1, 0.15) is 5.82 Å². The van der Waals surface area contributed by atoms with E-state index in [-0.39, 0.29) is 17.6 Å². The van der Waals surface area contributed by atoms with Crippen LogP contribution in [0.3, 0.4) is 0 Å². The van der Waals surface area contributed by atoms with Crippen LogP contribution in [0.2, 0.25) is 0 Å². The van der Waals surface area contributed by atoms with Crippen molar-refractivity contribution in [1.29, 1.82) is 0 Å². The Labute approximate surface area is 161 Å². The van der Waals surface area contributed by atoms with Crippen LogP contribution in [0, 0.1) is 5.82 Å². The molecular weight excluding hydrogens is 369 g/mol. The van der Waals surface area contributed by atoms with E-state index in [0.29, 0.717) is 11.3 Å². The summed E-state index contributed by atoms with van der Waals surface area (Å²) in [7, 11) is 1.18. The minimum absolute atomic E-state index is 0.214. The lowest BCUT2D eigenvalue weighted by atomic mass is 10.1. The smallest absolute Gasteiger partial charge is 0.340 e. The van der Waals surface area contributed by atoms with E-state index in [2.05, 4.69) is 10.1 Å². The van der Waals surface area contributed by atoms with Gasteiger partial charge in [-0.05, 0) is 43.2 Å². The zero-order chi connectivity index (χ0) is 19.2. The lowest BCUT2D eigenvalue weighted by Crippen LogP contribution is -2.15. The summed E-state index contributed by atoms with van der Waals surface area (Å²) in [6, 6.07) is 11.1. The van der Waals surface area contributed by atoms with E-state index in [4.69, 9.17) is 4.74 Å². The van der Waals surface area contributed by atoms with Gasteiger partial charge in [0.15, 0.2) is 0 Å². The molecular formula is C20H20FNO4S. The summed E-state index contributed by atoms with van der Waals surface area (Å²) in [5.41, 5.74) is 0.613. The molecule has 1 atom stereocenters. The van der Waals surface area contributed by atoms with Crippen molar-refractivity contribution in [2.75, 3.05) is 24.8 Å². The molecule has 0 unspecified atom stereocenters. The maximum Gasteiger partial charge on any atom is 0.340 e. The highest BCUT2D eigenvalue weighted by Gasteiger charge is 2.19. The fourth-order valence-electron chi connectivity index (χ4n) is 2.81. The van der Waals surface area contributed by atoms with Crippen LogP contribution >= 0.6 is 11.8 Å². The minimum atomic E-state index is -0.795. The predicted octanol–water partition coefficient (Wildman–Crippen LogP) is 4.14. The number of methoxy groups -OCH3 is 1. The third kappa shape index (κ3) is 4.87. The number of rotatable bonds is 6. The number of nitrogens with one attached hydrogen (secondary N) is 1. The van der Waals surface area contributed by atoms with Crippen molar-refractivity contribution in [1.82, 2.24) is 0 Å². The van der Waals surface area contributed by atoms with Gasteiger partial charge in [-0.15, -0.1) is 11.8 Å². The molecule has 0 bridgehead atoms. The molecule has 2 aromatic carbocycles. The Kier molecular flexibility index (Phi) is 6.47. The van der Waals surface area contributed by atoms with E-state index >= 15 is 0 Å². The summed E-state index contributed by atoms with van der Waals surface area (Å²) in [4.78, 5) is 25.2. The molecule has 0 aromatic heterocycles. The Hall–Kier alpha value is -2.38. The van der Waals surface area contributed by atoms with Gasteiger partial charge < -0.3 is 14.8 Å². The molecule has 1 amide bonds. The number of ether oxygens (including phenoxy) is 2. The molecule has 0 aliphatic carbocycles. The van der Waals surface area contributed by atoms with Crippen LogP contribution in [-0.2, 0) is 9.47 Å². The highest BCUT2D eigenvalue weighted by atomic mass is 32.2. The fraction of sp³-hybridized carbons (Fsp3) is 0.300. The number of amides is 1. The van der Waals surface area contributed by atoms with Gasteiger partial charge >= 0.3 is 5.97 Å². The average molecular weight is 389 g/mol. The van der Waals surface area contributed by atoms with Gasteiger partial charge in [-0.1, -0.05) is 12.1 Å². The van der Waals surface area contributed by atoms with Crippen LogP contribution in [0.4, 0.5) is 10.1 Å². The Morgan fingerprint density at radius 3 is 2.81 bits per heavy atom. The number of thioether (sulfide) groups is 1. The number of esters is 1. The number of carbonyl (C=O) groups is 2. The molecule has 1 saturated heterocycles. The topological polar surface area (TPSA) is 64.6 Å². The van der Waals surface area contributed by atoms with Crippen LogP contribution in [-0.4, -0.2) is 37.4 Å². The Bertz CT molecular complexity index is 836. The number of carbonyl (C=O) groups excluding carboxylic acids is 2. The fourth-order valence-corrected chi connectivity index (χ4v) is 3.93. The van der Waals surface area contributed by atoms with E-state index in [0.717, 1.165) is 36.2 Å². The molecule has 27 heavy (non-hydrogen) atoms. The molecule has 1 N–H and O–H groups in total. The summed E-state index contributed by atoms with van der Waals surface area (Å²) in [6.07, 6.45) is 2.32. The SMILES string of the molecule is COC(=O)c1cc(NC(=O)c2ccccc2SC[C@H]2CCCO2)ccc1F. The second-order valence-corrected chi connectivity index (χ2v) is 7.14. The first kappa shape index (κ1) is 19.4. The van der Waals surface area contributed by atoms with Gasteiger partial charge in [-0.3, -0.25) is 4.79 Å². The number of hydrogen-bond acceptors (Lipinski definition) is 5. The van der Waals surface area contributed by atoms with Gasteiger partial charge in [0.2, 0.25) is 0 Å². The number of halogens is 1. The van der Waals surface area contributed by atoms with Crippen LogP contribution < -0.4 is 5.32 Å². The Balaban J connectivity index is 1.73. The first-order valence-corrected chi connectivity index (χ1v) is 9.59.